The van der Waals surface area contributed by atoms with Crippen LogP contribution in [0.5, 0.6) is 0 Å². The van der Waals surface area contributed by atoms with Crippen molar-refractivity contribution in [3.63, 3.8) is 0 Å². The van der Waals surface area contributed by atoms with Crippen molar-refractivity contribution < 1.29 is 0 Å². The predicted octanol–water partition coefficient (Wildman–Crippen LogP) is 4.33. The van der Waals surface area contributed by atoms with Crippen molar-refractivity contribution in [2.24, 2.45) is 0 Å². The number of nitrogens with zero attached hydrogens (tertiary/aromatic N) is 1. The van der Waals surface area contributed by atoms with Gasteiger partial charge in [-0.25, -0.2) is 0 Å². The smallest absolute Gasteiger partial charge is 0.0570 e. The summed E-state index contributed by atoms with van der Waals surface area (Å²) in [4.78, 5) is 4.40. The third-order valence-corrected chi connectivity index (χ3v) is 4.35. The van der Waals surface area contributed by atoms with E-state index in [1.165, 1.54) is 18.4 Å². The summed E-state index contributed by atoms with van der Waals surface area (Å²) in [7, 11) is 0. The van der Waals surface area contributed by atoms with E-state index in [2.05, 4.69) is 35.4 Å². The lowest BCUT2D eigenvalue weighted by molar-refractivity contribution is 0.269. The van der Waals surface area contributed by atoms with Crippen molar-refractivity contribution >= 4 is 11.6 Å². The van der Waals surface area contributed by atoms with Gasteiger partial charge in [0.05, 0.1) is 5.69 Å². The lowest BCUT2D eigenvalue weighted by atomic mass is 9.75. The molecule has 1 N–H and O–H groups in total. The molecule has 0 bridgehead atoms. The van der Waals surface area contributed by atoms with Gasteiger partial charge in [0.1, 0.15) is 0 Å². The van der Waals surface area contributed by atoms with Crippen molar-refractivity contribution in [3.05, 3.63) is 64.9 Å². The lowest BCUT2D eigenvalue weighted by Gasteiger charge is -2.38. The first-order valence-electron chi connectivity index (χ1n) is 7.15. The van der Waals surface area contributed by atoms with Crippen LogP contribution in [0, 0.1) is 0 Å². The van der Waals surface area contributed by atoms with Crippen LogP contribution in [0.1, 0.15) is 43.0 Å². The second-order valence-corrected chi connectivity index (χ2v) is 6.00. The zero-order chi connectivity index (χ0) is 13.9. The summed E-state index contributed by atoms with van der Waals surface area (Å²) < 4.78 is 0. The van der Waals surface area contributed by atoms with Crippen LogP contribution in [0.3, 0.4) is 0 Å². The molecule has 3 heteroatoms. The SMILES string of the molecule is C[C@H](NC1CC(c2ccc(Cl)cc2)C1)c1ccccn1. The number of hydrogen-bond donors (Lipinski definition) is 1. The summed E-state index contributed by atoms with van der Waals surface area (Å²) in [6, 6.07) is 15.2. The van der Waals surface area contributed by atoms with E-state index < -0.39 is 0 Å². The molecule has 1 aliphatic rings. The van der Waals surface area contributed by atoms with Gasteiger partial charge in [-0.05, 0) is 55.5 Å². The predicted molar refractivity (Wildman–Crippen MR) is 83.0 cm³/mol. The fourth-order valence-corrected chi connectivity index (χ4v) is 2.96. The fraction of sp³-hybridized carbons (Fsp3) is 0.353. The molecule has 0 radical (unpaired) electrons. The summed E-state index contributed by atoms with van der Waals surface area (Å²) in [6.45, 7) is 2.18. The summed E-state index contributed by atoms with van der Waals surface area (Å²) in [6.07, 6.45) is 4.24. The van der Waals surface area contributed by atoms with Crippen molar-refractivity contribution in [2.75, 3.05) is 0 Å². The highest BCUT2D eigenvalue weighted by Gasteiger charge is 2.31. The maximum atomic E-state index is 5.92. The van der Waals surface area contributed by atoms with E-state index in [1.807, 2.05) is 30.5 Å². The van der Waals surface area contributed by atoms with Gasteiger partial charge in [-0.1, -0.05) is 29.8 Å². The molecule has 1 aromatic carbocycles. The minimum Gasteiger partial charge on any atom is -0.306 e. The highest BCUT2D eigenvalue weighted by molar-refractivity contribution is 6.30. The van der Waals surface area contributed by atoms with Crippen LogP contribution in [-0.4, -0.2) is 11.0 Å². The molecule has 1 aromatic heterocycles. The molecule has 1 atom stereocenters. The van der Waals surface area contributed by atoms with E-state index in [0.717, 1.165) is 10.7 Å². The summed E-state index contributed by atoms with van der Waals surface area (Å²) in [5.74, 6) is 0.667. The third-order valence-electron chi connectivity index (χ3n) is 4.10. The molecule has 20 heavy (non-hydrogen) atoms. The van der Waals surface area contributed by atoms with Gasteiger partial charge in [-0.15, -0.1) is 0 Å². The molecule has 1 heterocycles. The Morgan fingerprint density at radius 1 is 1.15 bits per heavy atom. The molecule has 0 saturated heterocycles. The van der Waals surface area contributed by atoms with Crippen molar-refractivity contribution in [3.8, 4) is 0 Å². The van der Waals surface area contributed by atoms with Crippen LogP contribution in [-0.2, 0) is 0 Å². The molecule has 1 saturated carbocycles. The minimum atomic E-state index is 0.312. The average molecular weight is 287 g/mol. The van der Waals surface area contributed by atoms with Crippen molar-refractivity contribution in [2.45, 2.75) is 37.8 Å². The molecule has 0 spiro atoms. The van der Waals surface area contributed by atoms with Gasteiger partial charge in [-0.3, -0.25) is 4.98 Å². The minimum absolute atomic E-state index is 0.312. The Balaban J connectivity index is 1.52. The number of nitrogens with one attached hydrogen (secondary N) is 1. The number of pyridine rings is 1. The second-order valence-electron chi connectivity index (χ2n) is 5.56. The largest absolute Gasteiger partial charge is 0.306 e. The zero-order valence-electron chi connectivity index (χ0n) is 11.6. The zero-order valence-corrected chi connectivity index (χ0v) is 12.3. The Bertz CT molecular complexity index is 547. The lowest BCUT2D eigenvalue weighted by Crippen LogP contribution is -2.41. The Hall–Kier alpha value is -1.38. The van der Waals surface area contributed by atoms with Gasteiger partial charge in [0.25, 0.3) is 0 Å². The van der Waals surface area contributed by atoms with Gasteiger partial charge in [-0.2, -0.15) is 0 Å². The Kier molecular flexibility index (Phi) is 4.04. The summed E-state index contributed by atoms with van der Waals surface area (Å²) >= 11 is 5.92. The maximum absolute atomic E-state index is 5.92. The van der Waals surface area contributed by atoms with Crippen molar-refractivity contribution in [1.82, 2.24) is 10.3 Å². The number of benzene rings is 1. The number of rotatable bonds is 4. The normalized spacial score (nSPS) is 23.1. The molecule has 1 aliphatic carbocycles. The fourth-order valence-electron chi connectivity index (χ4n) is 2.83. The number of hydrogen-bond acceptors (Lipinski definition) is 2. The summed E-state index contributed by atoms with van der Waals surface area (Å²) in [5.41, 5.74) is 2.51. The molecule has 2 aromatic rings. The van der Waals surface area contributed by atoms with E-state index in [4.69, 9.17) is 11.6 Å². The van der Waals surface area contributed by atoms with E-state index in [1.54, 1.807) is 0 Å². The molecule has 1 fully saturated rings. The molecular formula is C17H19ClN2. The Morgan fingerprint density at radius 2 is 1.90 bits per heavy atom. The van der Waals surface area contributed by atoms with E-state index in [9.17, 15) is 0 Å². The van der Waals surface area contributed by atoms with E-state index in [0.29, 0.717) is 18.0 Å². The van der Waals surface area contributed by atoms with E-state index in [-0.39, 0.29) is 0 Å². The Morgan fingerprint density at radius 3 is 2.55 bits per heavy atom. The van der Waals surface area contributed by atoms with Crippen molar-refractivity contribution in [1.29, 1.82) is 0 Å². The number of halogens is 1. The highest BCUT2D eigenvalue weighted by Crippen LogP contribution is 2.38. The molecule has 2 nitrogen and oxygen atoms in total. The molecule has 0 amide bonds. The number of aromatic nitrogens is 1. The molecule has 0 unspecified atom stereocenters. The monoisotopic (exact) mass is 286 g/mol. The van der Waals surface area contributed by atoms with Crippen LogP contribution in [0.15, 0.2) is 48.7 Å². The quantitative estimate of drug-likeness (QED) is 0.905. The topological polar surface area (TPSA) is 24.9 Å². The van der Waals surface area contributed by atoms with Gasteiger partial charge in [0.2, 0.25) is 0 Å². The average Bonchev–Trinajstić information content (AvgIpc) is 2.44. The molecule has 3 rings (SSSR count). The summed E-state index contributed by atoms with van der Waals surface area (Å²) in [5, 5.41) is 4.47. The first-order chi connectivity index (χ1) is 9.72. The maximum Gasteiger partial charge on any atom is 0.0570 e. The van der Waals surface area contributed by atoms with Crippen LogP contribution in [0.4, 0.5) is 0 Å². The molecular weight excluding hydrogens is 268 g/mol. The van der Waals surface area contributed by atoms with Crippen LogP contribution in [0.2, 0.25) is 5.02 Å². The third kappa shape index (κ3) is 3.02. The molecule has 104 valence electrons. The highest BCUT2D eigenvalue weighted by atomic mass is 35.5. The first kappa shape index (κ1) is 13.6. The van der Waals surface area contributed by atoms with E-state index >= 15 is 0 Å². The second kappa shape index (κ2) is 5.94. The van der Waals surface area contributed by atoms with Crippen LogP contribution in [0.25, 0.3) is 0 Å². The standard InChI is InChI=1S/C17H19ClN2/c1-12(17-4-2-3-9-19-17)20-16-10-14(11-16)13-5-7-15(18)8-6-13/h2-9,12,14,16,20H,10-11H2,1H3/t12-,14?,16?/m0/s1. The van der Waals surface area contributed by atoms with Crippen LogP contribution >= 0.6 is 11.6 Å². The molecule has 0 aliphatic heterocycles. The van der Waals surface area contributed by atoms with Gasteiger partial charge < -0.3 is 5.32 Å². The Labute approximate surface area is 125 Å². The van der Waals surface area contributed by atoms with Crippen LogP contribution < -0.4 is 5.32 Å². The van der Waals surface area contributed by atoms with Gasteiger partial charge >= 0.3 is 0 Å². The van der Waals surface area contributed by atoms with Gasteiger partial charge in [0.15, 0.2) is 0 Å². The first-order valence-corrected chi connectivity index (χ1v) is 7.52. The van der Waals surface area contributed by atoms with Gasteiger partial charge in [0, 0.05) is 23.3 Å².